The maximum Gasteiger partial charge on any atom is 0.251 e. The molecule has 2 atom stereocenters. The molecule has 2 amide bonds. The van der Waals surface area contributed by atoms with Gasteiger partial charge in [-0.1, -0.05) is 54.6 Å². The molecular formula is C20H22N2O3. The predicted molar refractivity (Wildman–Crippen MR) is 94.7 cm³/mol. The van der Waals surface area contributed by atoms with Crippen LogP contribution in [-0.2, 0) is 20.9 Å². The summed E-state index contributed by atoms with van der Waals surface area (Å²) < 4.78 is 5.60. The van der Waals surface area contributed by atoms with Gasteiger partial charge in [0.25, 0.3) is 5.91 Å². The first-order valence-electron chi connectivity index (χ1n) is 8.32. The van der Waals surface area contributed by atoms with Crippen LogP contribution in [0.2, 0.25) is 0 Å². The van der Waals surface area contributed by atoms with Gasteiger partial charge in [0.05, 0.1) is 6.04 Å². The predicted octanol–water partition coefficient (Wildman–Crippen LogP) is 2.21. The van der Waals surface area contributed by atoms with Crippen molar-refractivity contribution in [3.63, 3.8) is 0 Å². The molecule has 0 saturated carbocycles. The van der Waals surface area contributed by atoms with Crippen LogP contribution < -0.4 is 5.32 Å². The van der Waals surface area contributed by atoms with Gasteiger partial charge in [-0.2, -0.15) is 0 Å². The third-order valence-electron chi connectivity index (χ3n) is 4.60. The maximum atomic E-state index is 12.7. The summed E-state index contributed by atoms with van der Waals surface area (Å²) in [5.41, 5.74) is 3.07. The SMILES string of the molecule is Cc1ccccc1CNC(=O)[C@H]1OCC(=O)N(C)[C@H]1c1ccccc1. The normalized spacial score (nSPS) is 20.4. The Kier molecular flexibility index (Phi) is 5.14. The Balaban J connectivity index is 1.77. The van der Waals surface area contributed by atoms with E-state index < -0.39 is 12.1 Å². The number of hydrogen-bond acceptors (Lipinski definition) is 3. The Bertz CT molecular complexity index is 761. The highest BCUT2D eigenvalue weighted by molar-refractivity contribution is 5.86. The van der Waals surface area contributed by atoms with Crippen LogP contribution in [-0.4, -0.2) is 36.5 Å². The highest BCUT2D eigenvalue weighted by atomic mass is 16.5. The minimum absolute atomic E-state index is 0.0811. The lowest BCUT2D eigenvalue weighted by molar-refractivity contribution is -0.162. The fourth-order valence-electron chi connectivity index (χ4n) is 3.07. The summed E-state index contributed by atoms with van der Waals surface area (Å²) in [6, 6.07) is 17.0. The summed E-state index contributed by atoms with van der Waals surface area (Å²) in [4.78, 5) is 26.4. The molecule has 0 aliphatic carbocycles. The average Bonchev–Trinajstić information content (AvgIpc) is 2.63. The first kappa shape index (κ1) is 17.2. The smallest absolute Gasteiger partial charge is 0.251 e. The third kappa shape index (κ3) is 3.72. The molecular weight excluding hydrogens is 316 g/mol. The number of amides is 2. The van der Waals surface area contributed by atoms with Gasteiger partial charge < -0.3 is 15.0 Å². The third-order valence-corrected chi connectivity index (χ3v) is 4.60. The fraction of sp³-hybridized carbons (Fsp3) is 0.300. The molecule has 1 saturated heterocycles. The van der Waals surface area contributed by atoms with Crippen molar-refractivity contribution < 1.29 is 14.3 Å². The van der Waals surface area contributed by atoms with E-state index in [1.807, 2.05) is 61.5 Å². The highest BCUT2D eigenvalue weighted by Crippen LogP contribution is 2.29. The molecule has 0 spiro atoms. The van der Waals surface area contributed by atoms with Crippen molar-refractivity contribution >= 4 is 11.8 Å². The van der Waals surface area contributed by atoms with Crippen molar-refractivity contribution in [2.75, 3.05) is 13.7 Å². The lowest BCUT2D eigenvalue weighted by Gasteiger charge is -2.38. The standard InChI is InChI=1S/C20H22N2O3/c1-14-8-6-7-11-16(14)12-21-20(24)19-18(15-9-4-3-5-10-15)22(2)17(23)13-25-19/h3-11,18-19H,12-13H2,1-2H3,(H,21,24)/t18-,19-/m0/s1. The van der Waals surface area contributed by atoms with Crippen molar-refractivity contribution in [2.24, 2.45) is 0 Å². The molecule has 130 valence electrons. The number of carbonyl (C=O) groups is 2. The van der Waals surface area contributed by atoms with E-state index in [2.05, 4.69) is 5.32 Å². The van der Waals surface area contributed by atoms with Crippen LogP contribution in [0.5, 0.6) is 0 Å². The molecule has 0 unspecified atom stereocenters. The van der Waals surface area contributed by atoms with Gasteiger partial charge in [0.15, 0.2) is 6.10 Å². The molecule has 1 heterocycles. The van der Waals surface area contributed by atoms with Crippen LogP contribution in [0.15, 0.2) is 54.6 Å². The molecule has 5 heteroatoms. The molecule has 5 nitrogen and oxygen atoms in total. The minimum atomic E-state index is -0.728. The Labute approximate surface area is 147 Å². The number of carbonyl (C=O) groups excluding carboxylic acids is 2. The maximum absolute atomic E-state index is 12.7. The van der Waals surface area contributed by atoms with Gasteiger partial charge in [0.2, 0.25) is 5.91 Å². The number of benzene rings is 2. The molecule has 2 aromatic rings. The molecule has 2 aromatic carbocycles. The summed E-state index contributed by atoms with van der Waals surface area (Å²) in [5, 5.41) is 2.94. The molecule has 1 aliphatic heterocycles. The Morgan fingerprint density at radius 2 is 1.84 bits per heavy atom. The molecule has 0 radical (unpaired) electrons. The van der Waals surface area contributed by atoms with E-state index in [9.17, 15) is 9.59 Å². The van der Waals surface area contributed by atoms with E-state index in [1.165, 1.54) is 0 Å². The van der Waals surface area contributed by atoms with E-state index in [0.29, 0.717) is 6.54 Å². The number of nitrogens with one attached hydrogen (secondary N) is 1. The van der Waals surface area contributed by atoms with Gasteiger partial charge in [-0.05, 0) is 23.6 Å². The van der Waals surface area contributed by atoms with E-state index in [-0.39, 0.29) is 18.4 Å². The monoisotopic (exact) mass is 338 g/mol. The zero-order valence-corrected chi connectivity index (χ0v) is 14.4. The number of likely N-dealkylation sites (N-methyl/N-ethyl adjacent to an activating group) is 1. The molecule has 0 aromatic heterocycles. The average molecular weight is 338 g/mol. The molecule has 25 heavy (non-hydrogen) atoms. The summed E-state index contributed by atoms with van der Waals surface area (Å²) in [6.45, 7) is 2.37. The van der Waals surface area contributed by atoms with Crippen LogP contribution in [0.3, 0.4) is 0 Å². The van der Waals surface area contributed by atoms with E-state index in [1.54, 1.807) is 11.9 Å². The highest BCUT2D eigenvalue weighted by Gasteiger charge is 2.39. The largest absolute Gasteiger partial charge is 0.356 e. The summed E-state index contributed by atoms with van der Waals surface area (Å²) in [6.07, 6.45) is -0.728. The quantitative estimate of drug-likeness (QED) is 0.930. The van der Waals surface area contributed by atoms with Crippen LogP contribution in [0, 0.1) is 6.92 Å². The first-order chi connectivity index (χ1) is 12.1. The molecule has 0 bridgehead atoms. The van der Waals surface area contributed by atoms with Gasteiger partial charge >= 0.3 is 0 Å². The van der Waals surface area contributed by atoms with Crippen LogP contribution in [0.25, 0.3) is 0 Å². The zero-order chi connectivity index (χ0) is 17.8. The number of hydrogen-bond donors (Lipinski definition) is 1. The summed E-state index contributed by atoms with van der Waals surface area (Å²) in [5.74, 6) is -0.340. The molecule has 1 fully saturated rings. The molecule has 1 aliphatic rings. The van der Waals surface area contributed by atoms with E-state index in [4.69, 9.17) is 4.74 Å². The zero-order valence-electron chi connectivity index (χ0n) is 14.4. The van der Waals surface area contributed by atoms with E-state index in [0.717, 1.165) is 16.7 Å². The summed E-state index contributed by atoms with van der Waals surface area (Å²) >= 11 is 0. The summed E-state index contributed by atoms with van der Waals surface area (Å²) in [7, 11) is 1.71. The number of morpholine rings is 1. The second-order valence-corrected chi connectivity index (χ2v) is 6.24. The Morgan fingerprint density at radius 3 is 2.56 bits per heavy atom. The number of rotatable bonds is 4. The van der Waals surface area contributed by atoms with Gasteiger partial charge in [-0.25, -0.2) is 0 Å². The number of ether oxygens (including phenoxy) is 1. The molecule has 1 N–H and O–H groups in total. The first-order valence-corrected chi connectivity index (χ1v) is 8.32. The van der Waals surface area contributed by atoms with Crippen molar-refractivity contribution in [3.8, 4) is 0 Å². The van der Waals surface area contributed by atoms with E-state index >= 15 is 0 Å². The van der Waals surface area contributed by atoms with Crippen LogP contribution >= 0.6 is 0 Å². The number of nitrogens with zero attached hydrogens (tertiary/aromatic N) is 1. The second kappa shape index (κ2) is 7.49. The minimum Gasteiger partial charge on any atom is -0.356 e. The van der Waals surface area contributed by atoms with Crippen LogP contribution in [0.4, 0.5) is 0 Å². The van der Waals surface area contributed by atoms with Gasteiger partial charge in [-0.3, -0.25) is 9.59 Å². The topological polar surface area (TPSA) is 58.6 Å². The lowest BCUT2D eigenvalue weighted by atomic mass is 9.97. The van der Waals surface area contributed by atoms with Crippen molar-refractivity contribution in [2.45, 2.75) is 25.6 Å². The lowest BCUT2D eigenvalue weighted by Crippen LogP contribution is -2.52. The van der Waals surface area contributed by atoms with Gasteiger partial charge in [0.1, 0.15) is 6.61 Å². The molecule has 3 rings (SSSR count). The second-order valence-electron chi connectivity index (χ2n) is 6.24. The van der Waals surface area contributed by atoms with Crippen molar-refractivity contribution in [1.82, 2.24) is 10.2 Å². The Hall–Kier alpha value is -2.66. The van der Waals surface area contributed by atoms with Crippen molar-refractivity contribution in [3.05, 3.63) is 71.3 Å². The fourth-order valence-corrected chi connectivity index (χ4v) is 3.07. The Morgan fingerprint density at radius 1 is 1.16 bits per heavy atom. The van der Waals surface area contributed by atoms with Crippen LogP contribution in [0.1, 0.15) is 22.7 Å². The number of aryl methyl sites for hydroxylation is 1. The van der Waals surface area contributed by atoms with Gasteiger partial charge in [0, 0.05) is 13.6 Å². The van der Waals surface area contributed by atoms with Gasteiger partial charge in [-0.15, -0.1) is 0 Å². The van der Waals surface area contributed by atoms with Crippen molar-refractivity contribution in [1.29, 1.82) is 0 Å².